The molecule has 2 aliphatic heterocycles. The van der Waals surface area contributed by atoms with E-state index in [0.717, 1.165) is 125 Å². The van der Waals surface area contributed by atoms with Gasteiger partial charge in [0.2, 0.25) is 0 Å². The zero-order valence-electron chi connectivity index (χ0n) is 70.1. The van der Waals surface area contributed by atoms with Gasteiger partial charge >= 0.3 is 0 Å². The van der Waals surface area contributed by atoms with E-state index in [2.05, 4.69) is 548 Å². The van der Waals surface area contributed by atoms with Gasteiger partial charge in [0.05, 0.1) is 45.2 Å². The number of nitrogens with zero attached hydrogens (tertiary/aromatic N) is 8. The predicted octanol–water partition coefficient (Wildman–Crippen LogP) is 33.7. The summed E-state index contributed by atoms with van der Waals surface area (Å²) in [6, 6.07) is 184. The van der Waals surface area contributed by atoms with Gasteiger partial charge in [0.15, 0.2) is 0 Å². The summed E-state index contributed by atoms with van der Waals surface area (Å²) in [6.07, 6.45) is 0. The Bertz CT molecular complexity index is 7550. The highest BCUT2D eigenvalue weighted by Crippen LogP contribution is 2.62. The van der Waals surface area contributed by atoms with E-state index >= 15 is 0 Å². The van der Waals surface area contributed by atoms with Gasteiger partial charge in [-0.05, 0) is 236 Å². The normalized spacial score (nSPS) is 12.0. The fraction of sp³-hybridized carbons (Fsp3) is 0. The average molecular weight is 1640 g/mol. The molecule has 0 atom stereocenters. The maximum Gasteiger partial charge on any atom is 0.148 e. The molecule has 2 aromatic heterocycles. The zero-order valence-corrected chi connectivity index (χ0v) is 70.1. The second-order valence-electron chi connectivity index (χ2n) is 32.4. The predicted molar refractivity (Wildman–Crippen MR) is 539 cm³/mol. The number of hydrogen-bond acceptors (Lipinski definition) is 6. The number of para-hydroxylation sites is 8. The molecule has 24 rings (SSSR count). The molecule has 0 spiro atoms. The quantitative estimate of drug-likeness (QED) is 0.0958. The fourth-order valence-electron chi connectivity index (χ4n) is 19.1. The van der Waals surface area contributed by atoms with E-state index < -0.39 is 0 Å². The van der Waals surface area contributed by atoms with Crippen LogP contribution in [0.3, 0.4) is 0 Å². The van der Waals surface area contributed by atoms with E-state index in [9.17, 15) is 0 Å². The lowest BCUT2D eigenvalue weighted by Crippen LogP contribution is -2.25. The molecule has 0 amide bonds. The van der Waals surface area contributed by atoms with Crippen LogP contribution in [0.1, 0.15) is 0 Å². The van der Waals surface area contributed by atoms with Gasteiger partial charge in [0, 0.05) is 79.0 Å². The maximum atomic E-state index is 2.46. The van der Waals surface area contributed by atoms with E-state index in [1.807, 2.05) is 0 Å². The summed E-state index contributed by atoms with van der Waals surface area (Å²) in [5.74, 6) is 2.15. The molecule has 0 N–H and O–H groups in total. The highest BCUT2D eigenvalue weighted by atomic mass is 15.4. The van der Waals surface area contributed by atoms with Gasteiger partial charge in [0.25, 0.3) is 0 Å². The molecule has 2 aliphatic rings. The number of benzene rings is 20. The van der Waals surface area contributed by atoms with Crippen molar-refractivity contribution in [2.45, 2.75) is 0 Å². The van der Waals surface area contributed by atoms with Crippen LogP contribution in [0.25, 0.3) is 99.2 Å². The Morgan fingerprint density at radius 1 is 0.156 bits per heavy atom. The Kier molecular flexibility index (Phi) is 19.5. The van der Waals surface area contributed by atoms with Gasteiger partial charge in [-0.3, -0.25) is 18.9 Å². The Morgan fingerprint density at radius 3 is 0.742 bits per heavy atom. The Hall–Kier alpha value is -17.2. The number of fused-ring (bicyclic) bond motifs is 10. The van der Waals surface area contributed by atoms with E-state index in [4.69, 9.17) is 0 Å². The van der Waals surface area contributed by atoms with Crippen LogP contribution in [0.4, 0.5) is 103 Å². The van der Waals surface area contributed by atoms with Gasteiger partial charge in [0.1, 0.15) is 11.6 Å². The van der Waals surface area contributed by atoms with Crippen LogP contribution in [0.2, 0.25) is 0 Å². The zero-order chi connectivity index (χ0) is 84.8. The van der Waals surface area contributed by atoms with Crippen molar-refractivity contribution in [2.24, 2.45) is 0 Å². The lowest BCUT2D eigenvalue weighted by atomic mass is 9.97. The van der Waals surface area contributed by atoms with Crippen LogP contribution in [-0.2, 0) is 0 Å². The minimum absolute atomic E-state index is 1.04. The molecular weight excluding hydrogens is 1550 g/mol. The third-order valence-electron chi connectivity index (χ3n) is 24.9. The molecule has 0 bridgehead atoms. The number of rotatable bonds is 16. The first-order chi connectivity index (χ1) is 63.6. The fourth-order valence-corrected chi connectivity index (χ4v) is 19.1. The molecule has 128 heavy (non-hydrogen) atoms. The standard InChI is InChI=1S/C64H44N4.C56H40N4/c1-4-22-49(23-5-1)66-61-43-42-54(44-62(61)68(51-26-8-3-9-27-51)64-63(66)59-30-14-15-33-60(59)67(64)50-24-6-2-7-25-50)65(52-38-34-47(35-39-52)57-31-16-20-45-18-10-12-28-55(45)57)53-40-36-48(37-41-53)58-32-17-21-46-19-11-13-29-56(46)58;1-6-18-41(19-7-1)43-30-34-48(35-31-43)57(49-36-32-44(33-37-49)42-20-8-2-9-21-42)50-38-39-53-54(40-50)60(47-26-14-5-15-27-47)56-55(58(53)45-22-10-3-11-23-45)51-28-16-17-29-52(51)59(56)46-24-12-4-13-25-46/h1-44H;1-40H. The monoisotopic (exact) mass is 1640 g/mol. The number of aromatic nitrogens is 2. The molecule has 8 nitrogen and oxygen atoms in total. The molecule has 0 unspecified atom stereocenters. The van der Waals surface area contributed by atoms with Crippen molar-refractivity contribution in [3.05, 3.63) is 510 Å². The first-order valence-corrected chi connectivity index (χ1v) is 43.7. The molecule has 4 heterocycles. The second kappa shape index (κ2) is 32.9. The maximum absolute atomic E-state index is 2.46. The van der Waals surface area contributed by atoms with Gasteiger partial charge in [-0.25, -0.2) is 0 Å². The van der Waals surface area contributed by atoms with E-state index in [0.29, 0.717) is 0 Å². The lowest BCUT2D eigenvalue weighted by molar-refractivity contribution is 1.05. The molecule has 0 radical (unpaired) electrons. The smallest absolute Gasteiger partial charge is 0.148 e. The number of anilines is 18. The summed E-state index contributed by atoms with van der Waals surface area (Å²) >= 11 is 0. The van der Waals surface area contributed by atoms with Gasteiger partial charge < -0.3 is 19.6 Å². The third kappa shape index (κ3) is 13.6. The van der Waals surface area contributed by atoms with Crippen molar-refractivity contribution in [1.82, 2.24) is 9.13 Å². The molecule has 604 valence electrons. The van der Waals surface area contributed by atoms with Crippen LogP contribution >= 0.6 is 0 Å². The van der Waals surface area contributed by atoms with Crippen LogP contribution in [0.15, 0.2) is 510 Å². The molecule has 8 heteroatoms. The summed E-state index contributed by atoms with van der Waals surface area (Å²) in [4.78, 5) is 14.6. The average Bonchev–Trinajstić information content (AvgIpc) is 1.52. The molecular formula is C120H84N8. The third-order valence-corrected chi connectivity index (χ3v) is 24.9. The molecule has 0 aliphatic carbocycles. The largest absolute Gasteiger partial charge is 0.310 e. The first-order valence-electron chi connectivity index (χ1n) is 43.7. The lowest BCUT2D eigenvalue weighted by Gasteiger charge is -2.40. The highest BCUT2D eigenvalue weighted by molar-refractivity contribution is 6.16. The summed E-state index contributed by atoms with van der Waals surface area (Å²) in [7, 11) is 0. The van der Waals surface area contributed by atoms with Crippen LogP contribution in [-0.4, -0.2) is 9.13 Å². The van der Waals surface area contributed by atoms with E-state index in [1.54, 1.807) is 0 Å². The Morgan fingerprint density at radius 2 is 0.406 bits per heavy atom. The van der Waals surface area contributed by atoms with Gasteiger partial charge in [-0.15, -0.1) is 0 Å². The van der Waals surface area contributed by atoms with Crippen molar-refractivity contribution in [3.8, 4) is 55.9 Å². The molecule has 0 saturated carbocycles. The van der Waals surface area contributed by atoms with Gasteiger partial charge in [-0.2, -0.15) is 0 Å². The van der Waals surface area contributed by atoms with Crippen molar-refractivity contribution in [1.29, 1.82) is 0 Å². The molecule has 0 fully saturated rings. The van der Waals surface area contributed by atoms with Gasteiger partial charge in [-0.1, -0.05) is 340 Å². The summed E-state index contributed by atoms with van der Waals surface area (Å²) < 4.78 is 4.85. The SMILES string of the molecule is c1ccc(-c2ccc(N(c3ccc(-c4ccccc4)cc3)c3ccc4c(c3)N(c3ccccc3)c3c(c5ccccc5n3-c3ccccc3)N4c3ccccc3)cc2)cc1.c1ccc(N2c3ccc(N(c4ccc(-c5cccc6ccccc56)cc4)c4ccc(-c5cccc6ccccc56)cc4)cc3N(c3ccccc3)c3c2c2ccccc2n3-c2ccccc2)cc1. The highest BCUT2D eigenvalue weighted by Gasteiger charge is 2.40. The molecule has 20 aromatic carbocycles. The minimum Gasteiger partial charge on any atom is -0.310 e. The van der Waals surface area contributed by atoms with Crippen LogP contribution in [0.5, 0.6) is 0 Å². The van der Waals surface area contributed by atoms with E-state index in [-0.39, 0.29) is 0 Å². The van der Waals surface area contributed by atoms with Crippen LogP contribution in [0, 0.1) is 0 Å². The minimum atomic E-state index is 1.04. The summed E-state index contributed by atoms with van der Waals surface area (Å²) in [5, 5.41) is 7.31. The first kappa shape index (κ1) is 75.7. The Balaban J connectivity index is 0.000000148. The summed E-state index contributed by atoms with van der Waals surface area (Å²) in [6.45, 7) is 0. The van der Waals surface area contributed by atoms with E-state index in [1.165, 1.54) is 76.8 Å². The van der Waals surface area contributed by atoms with Crippen molar-refractivity contribution in [2.75, 3.05) is 29.4 Å². The topological polar surface area (TPSA) is 29.3 Å². The molecule has 22 aromatic rings. The Labute approximate surface area is 745 Å². The number of hydrogen-bond donors (Lipinski definition) is 0. The van der Waals surface area contributed by atoms with Crippen molar-refractivity contribution < 1.29 is 0 Å². The second-order valence-corrected chi connectivity index (χ2v) is 32.4. The van der Waals surface area contributed by atoms with Crippen LogP contribution < -0.4 is 29.4 Å². The molecule has 0 saturated heterocycles. The summed E-state index contributed by atoms with van der Waals surface area (Å²) in [5.41, 5.74) is 31.3. The van der Waals surface area contributed by atoms with Crippen molar-refractivity contribution in [3.63, 3.8) is 0 Å². The van der Waals surface area contributed by atoms with Crippen molar-refractivity contribution >= 4 is 146 Å².